The molecule has 0 fully saturated rings. The number of ketones is 1. The molecule has 0 aliphatic heterocycles. The first-order valence-electron chi connectivity index (χ1n) is 9.20. The number of para-hydroxylation sites is 1. The highest BCUT2D eigenvalue weighted by atomic mass is 32.2. The lowest BCUT2D eigenvalue weighted by atomic mass is 10.1. The molecule has 5 nitrogen and oxygen atoms in total. The molecule has 0 unspecified atom stereocenters. The molecule has 29 heavy (non-hydrogen) atoms. The van der Waals surface area contributed by atoms with Crippen molar-refractivity contribution in [3.8, 4) is 11.3 Å². The van der Waals surface area contributed by atoms with Crippen molar-refractivity contribution in [2.75, 3.05) is 11.1 Å². The second-order valence-electron chi connectivity index (χ2n) is 6.41. The van der Waals surface area contributed by atoms with Gasteiger partial charge in [0, 0.05) is 22.2 Å². The maximum absolute atomic E-state index is 13.0. The molecular weight excluding hydrogens is 402 g/mol. The number of hydrogen-bond donors (Lipinski definition) is 2. The van der Waals surface area contributed by atoms with Crippen molar-refractivity contribution in [3.63, 3.8) is 0 Å². The van der Waals surface area contributed by atoms with E-state index in [1.807, 2.05) is 54.6 Å². The van der Waals surface area contributed by atoms with E-state index in [9.17, 15) is 9.59 Å². The van der Waals surface area contributed by atoms with Gasteiger partial charge in [0.2, 0.25) is 0 Å². The summed E-state index contributed by atoms with van der Waals surface area (Å²) in [7, 11) is 0. The molecular formula is C22H19N3O2S2. The molecule has 2 aromatic carbocycles. The van der Waals surface area contributed by atoms with Gasteiger partial charge in [-0.3, -0.25) is 9.59 Å². The molecule has 0 atom stereocenters. The summed E-state index contributed by atoms with van der Waals surface area (Å²) in [6, 6.07) is 17.1. The molecule has 1 amide bonds. The Bertz CT molecular complexity index is 1200. The fraction of sp³-hybridized carbons (Fsp3) is 0.136. The van der Waals surface area contributed by atoms with Crippen LogP contribution < -0.4 is 5.32 Å². The third kappa shape index (κ3) is 3.83. The van der Waals surface area contributed by atoms with E-state index in [0.717, 1.165) is 26.6 Å². The molecule has 7 heteroatoms. The van der Waals surface area contributed by atoms with Gasteiger partial charge in [-0.25, -0.2) is 4.98 Å². The van der Waals surface area contributed by atoms with E-state index in [4.69, 9.17) is 0 Å². The zero-order chi connectivity index (χ0) is 20.4. The van der Waals surface area contributed by atoms with Crippen molar-refractivity contribution < 1.29 is 9.59 Å². The number of carbonyl (C=O) groups is 2. The van der Waals surface area contributed by atoms with Gasteiger partial charge in [0.15, 0.2) is 4.34 Å². The summed E-state index contributed by atoms with van der Waals surface area (Å²) in [5.74, 6) is -0.341. The summed E-state index contributed by atoms with van der Waals surface area (Å²) >= 11 is 3.00. The van der Waals surface area contributed by atoms with Crippen molar-refractivity contribution in [1.29, 1.82) is 0 Å². The minimum Gasteiger partial charge on any atom is -0.358 e. The summed E-state index contributed by atoms with van der Waals surface area (Å²) in [5, 5.41) is 4.14. The SMILES string of the molecule is CCSc1nc(-c2ccccc2)c(NC(=O)C(=O)c2c(C)[nH]c3ccccc23)s1. The lowest BCUT2D eigenvalue weighted by molar-refractivity contribution is -0.112. The number of benzene rings is 2. The standard InChI is InChI=1S/C22H19N3O2S2/c1-3-28-22-24-18(14-9-5-4-6-10-14)21(29-22)25-20(27)19(26)17-13(2)23-16-12-8-7-11-15(16)17/h4-12,23H,3H2,1-2H3,(H,25,27). The Hall–Kier alpha value is -2.90. The Kier molecular flexibility index (Phi) is 5.51. The van der Waals surface area contributed by atoms with Gasteiger partial charge in [0.25, 0.3) is 11.7 Å². The minimum atomic E-state index is -0.660. The molecule has 146 valence electrons. The molecule has 4 aromatic rings. The van der Waals surface area contributed by atoms with E-state index in [0.29, 0.717) is 22.0 Å². The Balaban J connectivity index is 1.67. The van der Waals surface area contributed by atoms with Gasteiger partial charge >= 0.3 is 0 Å². The van der Waals surface area contributed by atoms with Crippen molar-refractivity contribution in [1.82, 2.24) is 9.97 Å². The Morgan fingerprint density at radius 3 is 2.59 bits per heavy atom. The van der Waals surface area contributed by atoms with Gasteiger partial charge in [0.05, 0.1) is 5.56 Å². The van der Waals surface area contributed by atoms with Crippen LogP contribution in [0.3, 0.4) is 0 Å². The molecule has 0 saturated heterocycles. The molecule has 0 radical (unpaired) electrons. The zero-order valence-corrected chi connectivity index (χ0v) is 17.6. The van der Waals surface area contributed by atoms with Crippen LogP contribution in [0, 0.1) is 6.92 Å². The third-order valence-electron chi connectivity index (χ3n) is 4.48. The predicted molar refractivity (Wildman–Crippen MR) is 120 cm³/mol. The van der Waals surface area contributed by atoms with Gasteiger partial charge in [-0.05, 0) is 18.7 Å². The number of H-pyrrole nitrogens is 1. The fourth-order valence-corrected chi connectivity index (χ4v) is 5.16. The number of thioether (sulfide) groups is 1. The van der Waals surface area contributed by atoms with E-state index in [1.165, 1.54) is 11.3 Å². The average Bonchev–Trinajstić information content (AvgIpc) is 3.28. The quantitative estimate of drug-likeness (QED) is 0.244. The van der Waals surface area contributed by atoms with Crippen LogP contribution in [-0.2, 0) is 4.79 Å². The number of rotatable bonds is 6. The van der Waals surface area contributed by atoms with Crippen molar-refractivity contribution in [2.45, 2.75) is 18.2 Å². The second-order valence-corrected chi connectivity index (χ2v) is 8.92. The molecule has 0 bridgehead atoms. The first kappa shape index (κ1) is 19.4. The second kappa shape index (κ2) is 8.23. The van der Waals surface area contributed by atoms with Crippen LogP contribution in [-0.4, -0.2) is 27.4 Å². The van der Waals surface area contributed by atoms with Crippen LogP contribution >= 0.6 is 23.1 Å². The first-order chi connectivity index (χ1) is 14.1. The van der Waals surface area contributed by atoms with Gasteiger partial charge in [-0.1, -0.05) is 78.6 Å². The normalized spacial score (nSPS) is 11.0. The maximum atomic E-state index is 13.0. The number of carbonyl (C=O) groups excluding carboxylic acids is 2. The van der Waals surface area contributed by atoms with Crippen LogP contribution in [0.25, 0.3) is 22.2 Å². The number of amides is 1. The van der Waals surface area contributed by atoms with E-state index in [-0.39, 0.29) is 0 Å². The zero-order valence-electron chi connectivity index (χ0n) is 16.0. The maximum Gasteiger partial charge on any atom is 0.297 e. The number of aromatic amines is 1. The summed E-state index contributed by atoms with van der Waals surface area (Å²) in [6.07, 6.45) is 0. The Morgan fingerprint density at radius 1 is 1.10 bits per heavy atom. The van der Waals surface area contributed by atoms with E-state index >= 15 is 0 Å². The molecule has 0 aliphatic carbocycles. The van der Waals surface area contributed by atoms with Crippen LogP contribution in [0.1, 0.15) is 23.0 Å². The number of anilines is 1. The number of hydrogen-bond acceptors (Lipinski definition) is 5. The number of nitrogens with one attached hydrogen (secondary N) is 2. The van der Waals surface area contributed by atoms with Gasteiger partial charge in [0.1, 0.15) is 10.7 Å². The van der Waals surface area contributed by atoms with Gasteiger partial charge < -0.3 is 10.3 Å². The molecule has 0 aliphatic rings. The van der Waals surface area contributed by atoms with Crippen molar-refractivity contribution in [2.24, 2.45) is 0 Å². The fourth-order valence-electron chi connectivity index (χ4n) is 3.20. The molecule has 2 heterocycles. The summed E-state index contributed by atoms with van der Waals surface area (Å²) in [6.45, 7) is 3.86. The van der Waals surface area contributed by atoms with E-state index < -0.39 is 11.7 Å². The van der Waals surface area contributed by atoms with E-state index in [2.05, 4.69) is 22.2 Å². The highest BCUT2D eigenvalue weighted by Gasteiger charge is 2.25. The molecule has 4 rings (SSSR count). The third-order valence-corrected chi connectivity index (χ3v) is 6.47. The lowest BCUT2D eigenvalue weighted by Crippen LogP contribution is -2.23. The number of aryl methyl sites for hydroxylation is 1. The van der Waals surface area contributed by atoms with Crippen LogP contribution in [0.2, 0.25) is 0 Å². The smallest absolute Gasteiger partial charge is 0.297 e. The average molecular weight is 422 g/mol. The van der Waals surface area contributed by atoms with Crippen LogP contribution in [0.5, 0.6) is 0 Å². The Morgan fingerprint density at radius 2 is 1.83 bits per heavy atom. The molecule has 0 spiro atoms. The molecule has 2 N–H and O–H groups in total. The van der Waals surface area contributed by atoms with Crippen LogP contribution in [0.4, 0.5) is 5.00 Å². The Labute approximate surface area is 176 Å². The molecule has 2 aromatic heterocycles. The van der Waals surface area contributed by atoms with Crippen LogP contribution in [0.15, 0.2) is 58.9 Å². The number of thiazole rings is 1. The lowest BCUT2D eigenvalue weighted by Gasteiger charge is -2.05. The monoisotopic (exact) mass is 421 g/mol. The summed E-state index contributed by atoms with van der Waals surface area (Å²) < 4.78 is 0.859. The largest absolute Gasteiger partial charge is 0.358 e. The van der Waals surface area contributed by atoms with Crippen molar-refractivity contribution in [3.05, 3.63) is 65.9 Å². The highest BCUT2D eigenvalue weighted by molar-refractivity contribution is 8.01. The first-order valence-corrected chi connectivity index (χ1v) is 11.0. The topological polar surface area (TPSA) is 74.8 Å². The van der Waals surface area contributed by atoms with Gasteiger partial charge in [-0.2, -0.15) is 0 Å². The number of aromatic nitrogens is 2. The summed E-state index contributed by atoms with van der Waals surface area (Å²) in [5.41, 5.74) is 3.51. The molecule has 0 saturated carbocycles. The predicted octanol–water partition coefficient (Wildman–Crippen LogP) is 5.53. The van der Waals surface area contributed by atoms with Crippen molar-refractivity contribution >= 4 is 50.7 Å². The van der Waals surface area contributed by atoms with Gasteiger partial charge in [-0.15, -0.1) is 0 Å². The minimum absolute atomic E-state index is 0.409. The highest BCUT2D eigenvalue weighted by Crippen LogP contribution is 2.37. The number of fused-ring (bicyclic) bond motifs is 1. The number of nitrogens with zero attached hydrogens (tertiary/aromatic N) is 1. The van der Waals surface area contributed by atoms with E-state index in [1.54, 1.807) is 18.7 Å². The summed E-state index contributed by atoms with van der Waals surface area (Å²) in [4.78, 5) is 33.7. The number of Topliss-reactive ketones (excluding diaryl/α,β-unsaturated/α-hetero) is 1.